The number of benzene rings is 1. The number of amides is 3. The average Bonchev–Trinajstić information content (AvgIpc) is 2.65. The molecule has 0 bridgehead atoms. The Morgan fingerprint density at radius 3 is 2.33 bits per heavy atom. The molecular weight excluding hydrogens is 348 g/mol. The van der Waals surface area contributed by atoms with Gasteiger partial charge in [-0.1, -0.05) is 6.07 Å². The van der Waals surface area contributed by atoms with Gasteiger partial charge in [0.1, 0.15) is 0 Å². The van der Waals surface area contributed by atoms with E-state index in [1.54, 1.807) is 19.1 Å². The molecule has 2 N–H and O–H groups in total. The fraction of sp³-hybridized carbons (Fsp3) is 0.579. The number of hydrogen-bond acceptors (Lipinski definition) is 5. The van der Waals surface area contributed by atoms with Crippen molar-refractivity contribution in [1.29, 1.82) is 0 Å². The standard InChI is InChI=1S/C19H30N4O4/c1-14(2)21-18(24)13-22-7-9-23(10-8-22)19(25)20-12-15-5-6-16(26-3)17(11-15)27-4/h5-6,11,14H,7-10,12-13H2,1-4H3,(H,20,25)(H,21,24). The Hall–Kier alpha value is -2.48. The highest BCUT2D eigenvalue weighted by molar-refractivity contribution is 5.78. The maximum absolute atomic E-state index is 12.4. The second kappa shape index (κ2) is 10.0. The first-order valence-electron chi connectivity index (χ1n) is 9.18. The Morgan fingerprint density at radius 1 is 1.07 bits per heavy atom. The quantitative estimate of drug-likeness (QED) is 0.741. The van der Waals surface area contributed by atoms with Gasteiger partial charge in [-0.05, 0) is 31.5 Å². The van der Waals surface area contributed by atoms with E-state index < -0.39 is 0 Å². The number of carbonyl (C=O) groups excluding carboxylic acids is 2. The second-order valence-electron chi connectivity index (χ2n) is 6.83. The smallest absolute Gasteiger partial charge is 0.317 e. The maximum Gasteiger partial charge on any atom is 0.317 e. The molecule has 8 nitrogen and oxygen atoms in total. The van der Waals surface area contributed by atoms with Crippen molar-refractivity contribution in [2.45, 2.75) is 26.4 Å². The lowest BCUT2D eigenvalue weighted by atomic mass is 10.2. The minimum absolute atomic E-state index is 0.0244. The van der Waals surface area contributed by atoms with Crippen molar-refractivity contribution >= 4 is 11.9 Å². The van der Waals surface area contributed by atoms with Crippen LogP contribution in [0.15, 0.2) is 18.2 Å². The van der Waals surface area contributed by atoms with Crippen LogP contribution in [0.1, 0.15) is 19.4 Å². The van der Waals surface area contributed by atoms with Crippen molar-refractivity contribution in [3.05, 3.63) is 23.8 Å². The number of rotatable bonds is 7. The largest absolute Gasteiger partial charge is 0.493 e. The van der Waals surface area contributed by atoms with Crippen LogP contribution >= 0.6 is 0 Å². The van der Waals surface area contributed by atoms with Gasteiger partial charge in [0, 0.05) is 38.8 Å². The highest BCUT2D eigenvalue weighted by Crippen LogP contribution is 2.27. The Bertz CT molecular complexity index is 643. The Balaban J connectivity index is 1.77. The van der Waals surface area contributed by atoms with Gasteiger partial charge in [-0.15, -0.1) is 0 Å². The average molecular weight is 378 g/mol. The first kappa shape index (κ1) is 20.8. The van der Waals surface area contributed by atoms with Gasteiger partial charge in [-0.3, -0.25) is 9.69 Å². The van der Waals surface area contributed by atoms with Crippen LogP contribution in [0.25, 0.3) is 0 Å². The van der Waals surface area contributed by atoms with E-state index in [0.717, 1.165) is 5.56 Å². The third-order valence-corrected chi connectivity index (χ3v) is 4.37. The zero-order valence-corrected chi connectivity index (χ0v) is 16.6. The Morgan fingerprint density at radius 2 is 1.74 bits per heavy atom. The van der Waals surface area contributed by atoms with Crippen LogP contribution < -0.4 is 20.1 Å². The maximum atomic E-state index is 12.4. The Kier molecular flexibility index (Phi) is 7.72. The first-order valence-corrected chi connectivity index (χ1v) is 9.18. The predicted molar refractivity (Wildman–Crippen MR) is 103 cm³/mol. The van der Waals surface area contributed by atoms with E-state index in [2.05, 4.69) is 15.5 Å². The van der Waals surface area contributed by atoms with Gasteiger partial charge in [0.05, 0.1) is 20.8 Å². The minimum Gasteiger partial charge on any atom is -0.493 e. The van der Waals surface area contributed by atoms with E-state index in [1.165, 1.54) is 0 Å². The third-order valence-electron chi connectivity index (χ3n) is 4.37. The summed E-state index contributed by atoms with van der Waals surface area (Å²) in [6, 6.07) is 5.61. The summed E-state index contributed by atoms with van der Waals surface area (Å²) in [6.07, 6.45) is 0. The van der Waals surface area contributed by atoms with Crippen LogP contribution in [0.2, 0.25) is 0 Å². The Labute approximate surface area is 160 Å². The van der Waals surface area contributed by atoms with E-state index in [-0.39, 0.29) is 18.0 Å². The summed E-state index contributed by atoms with van der Waals surface area (Å²) in [7, 11) is 3.17. The number of ether oxygens (including phenoxy) is 2. The molecule has 0 spiro atoms. The first-order chi connectivity index (χ1) is 12.9. The molecule has 1 aromatic rings. The van der Waals surface area contributed by atoms with Crippen LogP contribution in [0.3, 0.4) is 0 Å². The normalized spacial score (nSPS) is 14.8. The SMILES string of the molecule is COc1ccc(CNC(=O)N2CCN(CC(=O)NC(C)C)CC2)cc1OC. The van der Waals surface area contributed by atoms with Gasteiger partial charge in [-0.25, -0.2) is 4.79 Å². The van der Waals surface area contributed by atoms with Crippen LogP contribution in [0.4, 0.5) is 4.79 Å². The van der Waals surface area contributed by atoms with Gasteiger partial charge in [0.25, 0.3) is 0 Å². The van der Waals surface area contributed by atoms with Crippen LogP contribution in [0.5, 0.6) is 11.5 Å². The van der Waals surface area contributed by atoms with Crippen molar-refractivity contribution in [3.8, 4) is 11.5 Å². The summed E-state index contributed by atoms with van der Waals surface area (Å²) in [4.78, 5) is 28.1. The molecular formula is C19H30N4O4. The lowest BCUT2D eigenvalue weighted by Crippen LogP contribution is -2.53. The molecule has 0 aliphatic carbocycles. The molecule has 0 aromatic heterocycles. The molecule has 0 unspecified atom stereocenters. The van der Waals surface area contributed by atoms with Gasteiger partial charge in [-0.2, -0.15) is 0 Å². The van der Waals surface area contributed by atoms with E-state index in [9.17, 15) is 9.59 Å². The van der Waals surface area contributed by atoms with Gasteiger partial charge in [0.2, 0.25) is 5.91 Å². The number of carbonyl (C=O) groups is 2. The second-order valence-corrected chi connectivity index (χ2v) is 6.83. The molecule has 27 heavy (non-hydrogen) atoms. The molecule has 1 aromatic carbocycles. The van der Waals surface area contributed by atoms with E-state index in [0.29, 0.717) is 50.8 Å². The molecule has 0 saturated carbocycles. The molecule has 2 rings (SSSR count). The predicted octanol–water partition coefficient (Wildman–Crippen LogP) is 1.06. The topological polar surface area (TPSA) is 83.1 Å². The number of urea groups is 1. The lowest BCUT2D eigenvalue weighted by Gasteiger charge is -2.34. The molecule has 1 fully saturated rings. The van der Waals surface area contributed by atoms with E-state index in [4.69, 9.17) is 9.47 Å². The number of methoxy groups -OCH3 is 2. The van der Waals surface area contributed by atoms with Crippen LogP contribution in [0, 0.1) is 0 Å². The van der Waals surface area contributed by atoms with Crippen molar-refractivity contribution in [2.24, 2.45) is 0 Å². The molecule has 0 radical (unpaired) electrons. The van der Waals surface area contributed by atoms with Gasteiger partial charge < -0.3 is 25.0 Å². The molecule has 1 heterocycles. The summed E-state index contributed by atoms with van der Waals surface area (Å²) >= 11 is 0. The third kappa shape index (κ3) is 6.32. The lowest BCUT2D eigenvalue weighted by molar-refractivity contribution is -0.123. The highest BCUT2D eigenvalue weighted by atomic mass is 16.5. The molecule has 3 amide bonds. The summed E-state index contributed by atoms with van der Waals surface area (Å²) in [5.41, 5.74) is 0.935. The minimum atomic E-state index is -0.101. The summed E-state index contributed by atoms with van der Waals surface area (Å²) in [5.74, 6) is 1.32. The van der Waals surface area contributed by atoms with Crippen molar-refractivity contribution < 1.29 is 19.1 Å². The van der Waals surface area contributed by atoms with Gasteiger partial charge in [0.15, 0.2) is 11.5 Å². The summed E-state index contributed by atoms with van der Waals surface area (Å²) in [6.45, 7) is 7.26. The highest BCUT2D eigenvalue weighted by Gasteiger charge is 2.22. The summed E-state index contributed by atoms with van der Waals surface area (Å²) in [5, 5.41) is 5.82. The molecule has 1 saturated heterocycles. The van der Waals surface area contributed by atoms with E-state index in [1.807, 2.05) is 32.0 Å². The zero-order chi connectivity index (χ0) is 19.8. The number of piperazine rings is 1. The zero-order valence-electron chi connectivity index (χ0n) is 16.6. The van der Waals surface area contributed by atoms with Crippen LogP contribution in [-0.2, 0) is 11.3 Å². The van der Waals surface area contributed by atoms with Crippen molar-refractivity contribution in [3.63, 3.8) is 0 Å². The monoisotopic (exact) mass is 378 g/mol. The molecule has 0 atom stereocenters. The van der Waals surface area contributed by atoms with Crippen molar-refractivity contribution in [1.82, 2.24) is 20.4 Å². The van der Waals surface area contributed by atoms with Crippen molar-refractivity contribution in [2.75, 3.05) is 46.9 Å². The summed E-state index contributed by atoms with van der Waals surface area (Å²) < 4.78 is 10.5. The fourth-order valence-electron chi connectivity index (χ4n) is 2.96. The number of hydrogen-bond donors (Lipinski definition) is 2. The number of nitrogens with zero attached hydrogens (tertiary/aromatic N) is 2. The molecule has 1 aliphatic heterocycles. The molecule has 1 aliphatic rings. The molecule has 150 valence electrons. The number of nitrogens with one attached hydrogen (secondary N) is 2. The fourth-order valence-corrected chi connectivity index (χ4v) is 2.96. The van der Waals surface area contributed by atoms with E-state index >= 15 is 0 Å². The van der Waals surface area contributed by atoms with Crippen LogP contribution in [-0.4, -0.2) is 74.7 Å². The molecule has 8 heteroatoms. The van der Waals surface area contributed by atoms with Gasteiger partial charge >= 0.3 is 6.03 Å².